The molecule has 0 amide bonds. The number of hydrogen-bond acceptors (Lipinski definition) is 5. The van der Waals surface area contributed by atoms with Gasteiger partial charge in [-0.2, -0.15) is 0 Å². The fourth-order valence-corrected chi connectivity index (χ4v) is 8.26. The average molecular weight is 555 g/mol. The number of nitrogens with zero attached hydrogens (tertiary/aromatic N) is 3. The van der Waals surface area contributed by atoms with Crippen molar-refractivity contribution in [2.75, 3.05) is 25.4 Å². The predicted octanol–water partition coefficient (Wildman–Crippen LogP) is 5.78. The minimum Gasteiger partial charge on any atom is -0.490 e. The molecule has 0 radical (unpaired) electrons. The molecule has 39 heavy (non-hydrogen) atoms. The number of aromatic nitrogens is 3. The van der Waals surface area contributed by atoms with E-state index in [1.54, 1.807) is 4.31 Å². The normalized spacial score (nSPS) is 22.9. The van der Waals surface area contributed by atoms with Gasteiger partial charge in [-0.3, -0.25) is 4.98 Å². The van der Waals surface area contributed by atoms with E-state index < -0.39 is 21.7 Å². The van der Waals surface area contributed by atoms with Gasteiger partial charge in [0.15, 0.2) is 11.6 Å². The van der Waals surface area contributed by atoms with Crippen molar-refractivity contribution in [1.82, 2.24) is 19.3 Å². The van der Waals surface area contributed by atoms with Crippen molar-refractivity contribution in [3.63, 3.8) is 0 Å². The van der Waals surface area contributed by atoms with Gasteiger partial charge in [0.2, 0.25) is 10.0 Å². The van der Waals surface area contributed by atoms with Gasteiger partial charge in [0.05, 0.1) is 12.4 Å². The molecule has 4 heterocycles. The minimum absolute atomic E-state index is 0.0111. The second kappa shape index (κ2) is 10.8. The SMILES string of the molecule is O=S(=O)(CC1CCC(c2cncc3cnc4[nH]ccc4c23)CC1)N1CCCC(COc2ccc(F)cc2F)C1. The van der Waals surface area contributed by atoms with Crippen LogP contribution in [-0.2, 0) is 10.0 Å². The standard InChI is InChI=1S/C29H32F2N4O3S/c30-23-7-8-27(26(31)12-23)38-17-20-2-1-11-35(16-20)39(36,37)18-19-3-5-21(6-4-19)25-15-32-13-22-14-34-29-24(28(22)25)9-10-33-29/h7-10,12-15,19-21H,1-6,11,16-18H2,(H,33,34). The number of rotatable bonds is 7. The van der Waals surface area contributed by atoms with E-state index in [1.807, 2.05) is 24.8 Å². The summed E-state index contributed by atoms with van der Waals surface area (Å²) in [5.74, 6) is -0.848. The molecule has 2 fully saturated rings. The first-order valence-electron chi connectivity index (χ1n) is 13.6. The molecule has 1 saturated heterocycles. The Kier molecular flexibility index (Phi) is 7.24. The summed E-state index contributed by atoms with van der Waals surface area (Å²) in [5.41, 5.74) is 2.08. The number of aromatic amines is 1. The van der Waals surface area contributed by atoms with Crippen molar-refractivity contribution in [1.29, 1.82) is 0 Å². The lowest BCUT2D eigenvalue weighted by molar-refractivity contribution is 0.175. The molecule has 10 heteroatoms. The van der Waals surface area contributed by atoms with Crippen LogP contribution in [0.2, 0.25) is 0 Å². The molecule has 1 saturated carbocycles. The molecular weight excluding hydrogens is 522 g/mol. The highest BCUT2D eigenvalue weighted by atomic mass is 32.2. The summed E-state index contributed by atoms with van der Waals surface area (Å²) in [6.07, 6.45) is 12.7. The molecule has 6 rings (SSSR count). The Labute approximate surface area is 226 Å². The van der Waals surface area contributed by atoms with Gasteiger partial charge in [-0.25, -0.2) is 26.5 Å². The molecular formula is C29H32F2N4O3S. The Balaban J connectivity index is 1.07. The maximum absolute atomic E-state index is 13.9. The second-order valence-corrected chi connectivity index (χ2v) is 13.0. The number of sulfonamides is 1. The summed E-state index contributed by atoms with van der Waals surface area (Å²) in [6.45, 7) is 1.06. The fourth-order valence-electron chi connectivity index (χ4n) is 6.27. The number of halogens is 2. The van der Waals surface area contributed by atoms with E-state index in [9.17, 15) is 17.2 Å². The Hall–Kier alpha value is -3.11. The van der Waals surface area contributed by atoms with Gasteiger partial charge < -0.3 is 9.72 Å². The molecule has 3 aromatic heterocycles. The third-order valence-electron chi connectivity index (χ3n) is 8.31. The summed E-state index contributed by atoms with van der Waals surface area (Å²) < 4.78 is 61.0. The summed E-state index contributed by atoms with van der Waals surface area (Å²) in [4.78, 5) is 12.1. The van der Waals surface area contributed by atoms with Crippen molar-refractivity contribution in [2.45, 2.75) is 44.4 Å². The highest BCUT2D eigenvalue weighted by molar-refractivity contribution is 7.89. The Morgan fingerprint density at radius 2 is 1.87 bits per heavy atom. The molecule has 1 atom stereocenters. The third kappa shape index (κ3) is 5.49. The number of piperidine rings is 1. The van der Waals surface area contributed by atoms with Crippen LogP contribution in [0.5, 0.6) is 5.75 Å². The van der Waals surface area contributed by atoms with Crippen molar-refractivity contribution in [2.24, 2.45) is 11.8 Å². The average Bonchev–Trinajstić information content (AvgIpc) is 3.42. The van der Waals surface area contributed by atoms with Crippen LogP contribution in [0.4, 0.5) is 8.78 Å². The van der Waals surface area contributed by atoms with E-state index in [2.05, 4.69) is 21.0 Å². The van der Waals surface area contributed by atoms with E-state index in [-0.39, 0.29) is 29.9 Å². The highest BCUT2D eigenvalue weighted by Crippen LogP contribution is 2.40. The quantitative estimate of drug-likeness (QED) is 0.313. The number of H-pyrrole nitrogens is 1. The molecule has 2 aliphatic rings. The highest BCUT2D eigenvalue weighted by Gasteiger charge is 2.33. The molecule has 1 unspecified atom stereocenters. The zero-order chi connectivity index (χ0) is 27.0. The number of benzene rings is 1. The first-order chi connectivity index (χ1) is 18.9. The van der Waals surface area contributed by atoms with Crippen LogP contribution in [0, 0.1) is 23.5 Å². The zero-order valence-corrected chi connectivity index (χ0v) is 22.5. The Morgan fingerprint density at radius 3 is 2.69 bits per heavy atom. The van der Waals surface area contributed by atoms with Crippen molar-refractivity contribution < 1.29 is 21.9 Å². The van der Waals surface area contributed by atoms with Gasteiger partial charge in [-0.15, -0.1) is 0 Å². The van der Waals surface area contributed by atoms with Gasteiger partial charge in [0.1, 0.15) is 11.5 Å². The second-order valence-electron chi connectivity index (χ2n) is 10.9. The van der Waals surface area contributed by atoms with E-state index in [1.165, 1.54) is 17.0 Å². The third-order valence-corrected chi connectivity index (χ3v) is 10.3. The summed E-state index contributed by atoms with van der Waals surface area (Å²) in [7, 11) is -3.42. The minimum atomic E-state index is -3.42. The van der Waals surface area contributed by atoms with E-state index >= 15 is 0 Å². The maximum atomic E-state index is 13.9. The predicted molar refractivity (Wildman–Crippen MR) is 146 cm³/mol. The van der Waals surface area contributed by atoms with Crippen molar-refractivity contribution in [3.05, 3.63) is 66.3 Å². The fraction of sp³-hybridized carbons (Fsp3) is 0.448. The summed E-state index contributed by atoms with van der Waals surface area (Å²) in [6, 6.07) is 5.26. The number of pyridine rings is 2. The van der Waals surface area contributed by atoms with Crippen LogP contribution in [-0.4, -0.2) is 53.1 Å². The maximum Gasteiger partial charge on any atom is 0.214 e. The number of hydrogen-bond donors (Lipinski definition) is 1. The number of ether oxygens (including phenoxy) is 1. The lowest BCUT2D eigenvalue weighted by Crippen LogP contribution is -2.43. The molecule has 4 aromatic rings. The summed E-state index contributed by atoms with van der Waals surface area (Å²) in [5, 5.41) is 3.31. The van der Waals surface area contributed by atoms with Gasteiger partial charge in [-0.05, 0) is 74.1 Å². The monoisotopic (exact) mass is 554 g/mol. The molecule has 1 aliphatic carbocycles. The molecule has 7 nitrogen and oxygen atoms in total. The van der Waals surface area contributed by atoms with Crippen LogP contribution in [0.1, 0.15) is 50.0 Å². The first kappa shape index (κ1) is 26.1. The summed E-state index contributed by atoms with van der Waals surface area (Å²) >= 11 is 0. The Bertz CT molecular complexity index is 1580. The largest absolute Gasteiger partial charge is 0.490 e. The molecule has 0 bridgehead atoms. The van der Waals surface area contributed by atoms with E-state index in [0.29, 0.717) is 19.0 Å². The van der Waals surface area contributed by atoms with E-state index in [4.69, 9.17) is 4.74 Å². The lowest BCUT2D eigenvalue weighted by Gasteiger charge is -2.34. The van der Waals surface area contributed by atoms with Gasteiger partial charge >= 0.3 is 0 Å². The topological polar surface area (TPSA) is 88.2 Å². The lowest BCUT2D eigenvalue weighted by atomic mass is 9.78. The van der Waals surface area contributed by atoms with Crippen LogP contribution in [0.25, 0.3) is 21.8 Å². The van der Waals surface area contributed by atoms with Crippen LogP contribution >= 0.6 is 0 Å². The van der Waals surface area contributed by atoms with Gasteiger partial charge in [-0.1, -0.05) is 0 Å². The van der Waals surface area contributed by atoms with Crippen molar-refractivity contribution >= 4 is 31.8 Å². The number of nitrogens with one attached hydrogen (secondary N) is 1. The van der Waals surface area contributed by atoms with Gasteiger partial charge in [0, 0.05) is 66.0 Å². The molecule has 206 valence electrons. The molecule has 1 aromatic carbocycles. The Morgan fingerprint density at radius 1 is 1.03 bits per heavy atom. The van der Waals surface area contributed by atoms with Crippen LogP contribution in [0.15, 0.2) is 49.1 Å². The molecule has 1 aliphatic heterocycles. The van der Waals surface area contributed by atoms with Crippen LogP contribution < -0.4 is 4.74 Å². The van der Waals surface area contributed by atoms with E-state index in [0.717, 1.165) is 67.1 Å². The van der Waals surface area contributed by atoms with Crippen LogP contribution in [0.3, 0.4) is 0 Å². The zero-order valence-electron chi connectivity index (χ0n) is 21.7. The first-order valence-corrected chi connectivity index (χ1v) is 15.2. The van der Waals surface area contributed by atoms with Crippen molar-refractivity contribution in [3.8, 4) is 5.75 Å². The molecule has 1 N–H and O–H groups in total. The smallest absolute Gasteiger partial charge is 0.214 e. The number of fused-ring (bicyclic) bond motifs is 3. The van der Waals surface area contributed by atoms with Gasteiger partial charge in [0.25, 0.3) is 0 Å². The molecule has 0 spiro atoms.